The van der Waals surface area contributed by atoms with Crippen LogP contribution in [0, 0.1) is 11.8 Å². The first-order chi connectivity index (χ1) is 5.45. The van der Waals surface area contributed by atoms with Crippen LogP contribution < -0.4 is 11.2 Å². The second-order valence-electron chi connectivity index (χ2n) is 3.26. The van der Waals surface area contributed by atoms with Crippen LogP contribution in [0.5, 0.6) is 0 Å². The highest BCUT2D eigenvalue weighted by atomic mass is 32.1. The van der Waals surface area contributed by atoms with Gasteiger partial charge in [-0.1, -0.05) is 20.8 Å². The van der Waals surface area contributed by atoms with Crippen molar-refractivity contribution in [1.82, 2.24) is 5.43 Å². The van der Waals surface area contributed by atoms with E-state index in [1.54, 1.807) is 0 Å². The van der Waals surface area contributed by atoms with Crippen molar-refractivity contribution in [2.45, 2.75) is 27.7 Å². The van der Waals surface area contributed by atoms with Crippen molar-refractivity contribution in [1.29, 1.82) is 0 Å². The first-order valence-electron chi connectivity index (χ1n) is 4.04. The zero-order valence-corrected chi connectivity index (χ0v) is 8.90. The number of nitrogens with two attached hydrogens (primary N) is 1. The number of hydrogen-bond acceptors (Lipinski definition) is 2. The van der Waals surface area contributed by atoms with Crippen molar-refractivity contribution < 1.29 is 0 Å². The third-order valence-electron chi connectivity index (χ3n) is 2.00. The molecule has 1 unspecified atom stereocenters. The van der Waals surface area contributed by atoms with Gasteiger partial charge in [0, 0.05) is 5.71 Å². The van der Waals surface area contributed by atoms with Gasteiger partial charge in [0.05, 0.1) is 0 Å². The van der Waals surface area contributed by atoms with Crippen LogP contribution in [-0.4, -0.2) is 10.8 Å². The number of hydrogen-bond donors (Lipinski definition) is 2. The van der Waals surface area contributed by atoms with Gasteiger partial charge in [-0.3, -0.25) is 5.43 Å². The van der Waals surface area contributed by atoms with E-state index in [1.165, 1.54) is 0 Å². The Kier molecular flexibility index (Phi) is 4.81. The molecule has 0 amide bonds. The minimum Gasteiger partial charge on any atom is -0.375 e. The van der Waals surface area contributed by atoms with Gasteiger partial charge < -0.3 is 5.73 Å². The third-order valence-corrected chi connectivity index (χ3v) is 2.09. The summed E-state index contributed by atoms with van der Waals surface area (Å²) in [5.74, 6) is 1.04. The van der Waals surface area contributed by atoms with E-state index < -0.39 is 0 Å². The SMILES string of the molecule is CC(=NNC(N)=S)C(C)C(C)C. The quantitative estimate of drug-likeness (QED) is 0.400. The molecule has 12 heavy (non-hydrogen) atoms. The van der Waals surface area contributed by atoms with Crippen molar-refractivity contribution in [3.63, 3.8) is 0 Å². The van der Waals surface area contributed by atoms with E-state index in [0.29, 0.717) is 11.8 Å². The molecule has 3 N–H and O–H groups in total. The lowest BCUT2D eigenvalue weighted by molar-refractivity contribution is 0.528. The van der Waals surface area contributed by atoms with E-state index >= 15 is 0 Å². The molecule has 0 heterocycles. The Morgan fingerprint density at radius 1 is 1.42 bits per heavy atom. The summed E-state index contributed by atoms with van der Waals surface area (Å²) in [4.78, 5) is 0. The highest BCUT2D eigenvalue weighted by molar-refractivity contribution is 7.80. The minimum absolute atomic E-state index is 0.213. The molecule has 0 aliphatic carbocycles. The molecule has 4 heteroatoms. The molecule has 0 rings (SSSR count). The summed E-state index contributed by atoms with van der Waals surface area (Å²) >= 11 is 4.63. The normalized spacial score (nSPS) is 14.6. The zero-order chi connectivity index (χ0) is 9.72. The van der Waals surface area contributed by atoms with Crippen molar-refractivity contribution >= 4 is 23.0 Å². The van der Waals surface area contributed by atoms with Gasteiger partial charge >= 0.3 is 0 Å². The highest BCUT2D eigenvalue weighted by Gasteiger charge is 2.09. The fraction of sp³-hybridized carbons (Fsp3) is 0.750. The van der Waals surface area contributed by atoms with Crippen LogP contribution in [0.15, 0.2) is 5.10 Å². The second kappa shape index (κ2) is 5.09. The maximum atomic E-state index is 5.23. The summed E-state index contributed by atoms with van der Waals surface area (Å²) in [6, 6.07) is 0. The van der Waals surface area contributed by atoms with Crippen LogP contribution in [0.4, 0.5) is 0 Å². The number of nitrogens with one attached hydrogen (secondary N) is 1. The lowest BCUT2D eigenvalue weighted by Gasteiger charge is -2.14. The monoisotopic (exact) mass is 187 g/mol. The average molecular weight is 187 g/mol. The number of rotatable bonds is 3. The lowest BCUT2D eigenvalue weighted by atomic mass is 9.94. The predicted molar refractivity (Wildman–Crippen MR) is 57.0 cm³/mol. The van der Waals surface area contributed by atoms with Crippen molar-refractivity contribution in [3.05, 3.63) is 0 Å². The number of hydrazone groups is 1. The molecule has 0 aromatic heterocycles. The maximum Gasteiger partial charge on any atom is 0.184 e. The largest absolute Gasteiger partial charge is 0.375 e. The summed E-state index contributed by atoms with van der Waals surface area (Å²) < 4.78 is 0. The van der Waals surface area contributed by atoms with Crippen LogP contribution in [0.25, 0.3) is 0 Å². The first-order valence-corrected chi connectivity index (χ1v) is 4.45. The Morgan fingerprint density at radius 2 is 1.92 bits per heavy atom. The van der Waals surface area contributed by atoms with E-state index in [4.69, 9.17) is 5.73 Å². The molecule has 0 fully saturated rings. The topological polar surface area (TPSA) is 50.4 Å². The number of thiocarbonyl (C=S) groups is 1. The molecular formula is C8H17N3S. The predicted octanol–water partition coefficient (Wildman–Crippen LogP) is 1.49. The van der Waals surface area contributed by atoms with Gasteiger partial charge in [0.15, 0.2) is 5.11 Å². The lowest BCUT2D eigenvalue weighted by Crippen LogP contribution is -2.27. The highest BCUT2D eigenvalue weighted by Crippen LogP contribution is 2.10. The van der Waals surface area contributed by atoms with Gasteiger partial charge in [-0.15, -0.1) is 0 Å². The van der Waals surface area contributed by atoms with Gasteiger partial charge in [0.2, 0.25) is 0 Å². The molecular weight excluding hydrogens is 170 g/mol. The summed E-state index contributed by atoms with van der Waals surface area (Å²) in [5.41, 5.74) is 8.83. The smallest absolute Gasteiger partial charge is 0.184 e. The van der Waals surface area contributed by atoms with Crippen molar-refractivity contribution in [2.75, 3.05) is 0 Å². The molecule has 0 saturated heterocycles. The molecule has 0 saturated carbocycles. The maximum absolute atomic E-state index is 5.23. The van der Waals surface area contributed by atoms with Crippen LogP contribution in [0.2, 0.25) is 0 Å². The summed E-state index contributed by atoms with van der Waals surface area (Å²) in [5, 5.41) is 4.26. The minimum atomic E-state index is 0.213. The summed E-state index contributed by atoms with van der Waals surface area (Å²) in [7, 11) is 0. The van der Waals surface area contributed by atoms with Gasteiger partial charge in [-0.25, -0.2) is 0 Å². The van der Waals surface area contributed by atoms with Crippen LogP contribution >= 0.6 is 12.2 Å². The molecule has 0 aliphatic heterocycles. The molecule has 0 aliphatic rings. The van der Waals surface area contributed by atoms with Gasteiger partial charge in [0.1, 0.15) is 0 Å². The van der Waals surface area contributed by atoms with E-state index in [0.717, 1.165) is 5.71 Å². The van der Waals surface area contributed by atoms with E-state index in [2.05, 4.69) is 43.5 Å². The third kappa shape index (κ3) is 4.28. The fourth-order valence-corrected chi connectivity index (χ4v) is 0.773. The second-order valence-corrected chi connectivity index (χ2v) is 3.70. The molecule has 0 bridgehead atoms. The molecule has 0 aromatic rings. The van der Waals surface area contributed by atoms with E-state index in [-0.39, 0.29) is 5.11 Å². The Labute approximate surface area is 79.4 Å². The summed E-state index contributed by atoms with van der Waals surface area (Å²) in [6.45, 7) is 8.41. The molecule has 0 spiro atoms. The van der Waals surface area contributed by atoms with Gasteiger partial charge in [-0.2, -0.15) is 5.10 Å². The summed E-state index contributed by atoms with van der Waals surface area (Å²) in [6.07, 6.45) is 0. The Balaban J connectivity index is 4.08. The molecule has 0 aromatic carbocycles. The molecule has 3 nitrogen and oxygen atoms in total. The Bertz CT molecular complexity index is 187. The standard InChI is InChI=1S/C8H17N3S/c1-5(2)6(3)7(4)10-11-8(9)12/h5-6H,1-4H3,(H3,9,11,12). The molecule has 0 radical (unpaired) electrons. The van der Waals surface area contributed by atoms with Crippen LogP contribution in [-0.2, 0) is 0 Å². The van der Waals surface area contributed by atoms with Crippen LogP contribution in [0.3, 0.4) is 0 Å². The van der Waals surface area contributed by atoms with E-state index in [1.807, 2.05) is 6.92 Å². The molecule has 1 atom stereocenters. The van der Waals surface area contributed by atoms with Gasteiger partial charge in [-0.05, 0) is 31.0 Å². The van der Waals surface area contributed by atoms with Crippen molar-refractivity contribution in [3.8, 4) is 0 Å². The molecule has 70 valence electrons. The van der Waals surface area contributed by atoms with E-state index in [9.17, 15) is 0 Å². The first kappa shape index (κ1) is 11.4. The Morgan fingerprint density at radius 3 is 2.25 bits per heavy atom. The average Bonchev–Trinajstić information content (AvgIpc) is 1.98. The van der Waals surface area contributed by atoms with Crippen LogP contribution in [0.1, 0.15) is 27.7 Å². The Hall–Kier alpha value is -0.640. The zero-order valence-electron chi connectivity index (χ0n) is 8.09. The van der Waals surface area contributed by atoms with Gasteiger partial charge in [0.25, 0.3) is 0 Å². The number of nitrogens with zero attached hydrogens (tertiary/aromatic N) is 1. The van der Waals surface area contributed by atoms with Crippen molar-refractivity contribution in [2.24, 2.45) is 22.7 Å². The fourth-order valence-electron chi connectivity index (χ4n) is 0.727.